The Hall–Kier alpha value is -4.10. The van der Waals surface area contributed by atoms with Gasteiger partial charge in [0.1, 0.15) is 22.2 Å². The molecule has 6 heterocycles. The number of anilines is 4. The van der Waals surface area contributed by atoms with Gasteiger partial charge in [-0.05, 0) is 69.1 Å². The maximum atomic E-state index is 6.10. The highest BCUT2D eigenvalue weighted by Gasteiger charge is 2.25. The van der Waals surface area contributed by atoms with Gasteiger partial charge in [0.05, 0.1) is 0 Å². The molecule has 14 heteroatoms. The third kappa shape index (κ3) is 5.74. The molecule has 234 valence electrons. The second-order valence-corrected chi connectivity index (χ2v) is 12.4. The number of hydrogen-bond donors (Lipinski definition) is 4. The number of aromatic nitrogens is 4. The molecule has 2 aliphatic rings. The Kier molecular flexibility index (Phi) is 7.90. The molecule has 2 aromatic carbocycles. The van der Waals surface area contributed by atoms with E-state index in [0.29, 0.717) is 32.8 Å². The van der Waals surface area contributed by atoms with Crippen LogP contribution in [0.2, 0.25) is 10.0 Å². The van der Waals surface area contributed by atoms with Crippen LogP contribution in [0.15, 0.2) is 45.2 Å². The summed E-state index contributed by atoms with van der Waals surface area (Å²) in [5, 5.41) is 6.34. The molecule has 0 spiro atoms. The van der Waals surface area contributed by atoms with Crippen molar-refractivity contribution in [1.82, 2.24) is 25.3 Å². The van der Waals surface area contributed by atoms with Crippen LogP contribution < -0.4 is 32.3 Å². The Morgan fingerprint density at radius 1 is 0.711 bits per heavy atom. The summed E-state index contributed by atoms with van der Waals surface area (Å²) in [6.07, 6.45) is 3.98. The predicted molar refractivity (Wildman–Crippen MR) is 181 cm³/mol. The summed E-state index contributed by atoms with van der Waals surface area (Å²) in [7, 11) is 2.00. The standard InChI is InChI=1S/C16H18ClN5O.C15H16ClN5O/c1-19-10-4-6-22(7-5-10)15-14-13(20-16(18)21-15)11-8-9(17)2-3-12(11)23-14;16-8-1-2-11-10(7-8)12-13(22-11)14(20-15(18)19-12)21-5-3-9(17)4-6-21/h2-3,8,10,19H,4-7H2,1H3,(H2,18,20,21);1-2,7,9H,3-6,17H2,(H2,18,19,20). The van der Waals surface area contributed by atoms with E-state index >= 15 is 0 Å². The average Bonchev–Trinajstić information content (AvgIpc) is 3.58. The van der Waals surface area contributed by atoms with E-state index in [1.165, 1.54) is 0 Å². The lowest BCUT2D eigenvalue weighted by molar-refractivity contribution is 0.440. The summed E-state index contributed by atoms with van der Waals surface area (Å²) in [6, 6.07) is 11.8. The van der Waals surface area contributed by atoms with Gasteiger partial charge in [-0.2, -0.15) is 9.97 Å². The molecule has 0 bridgehead atoms. The number of fused-ring (bicyclic) bond motifs is 6. The van der Waals surface area contributed by atoms with E-state index in [0.717, 1.165) is 91.0 Å². The van der Waals surface area contributed by atoms with E-state index in [2.05, 4.69) is 35.1 Å². The van der Waals surface area contributed by atoms with Gasteiger partial charge in [0.2, 0.25) is 11.9 Å². The number of halogens is 2. The molecule has 7 N–H and O–H groups in total. The number of rotatable bonds is 3. The molecule has 12 nitrogen and oxygen atoms in total. The fourth-order valence-corrected chi connectivity index (χ4v) is 6.50. The zero-order valence-electron chi connectivity index (χ0n) is 24.8. The fraction of sp³-hybridized carbons (Fsp3) is 0.355. The molecule has 4 aromatic heterocycles. The van der Waals surface area contributed by atoms with Gasteiger partial charge < -0.3 is 41.2 Å². The van der Waals surface area contributed by atoms with Crippen LogP contribution in [0, 0.1) is 0 Å². The Balaban J connectivity index is 0.000000145. The number of furan rings is 2. The molecule has 0 atom stereocenters. The Morgan fingerprint density at radius 3 is 1.60 bits per heavy atom. The molecule has 8 rings (SSSR count). The van der Waals surface area contributed by atoms with Gasteiger partial charge in [0, 0.05) is 59.1 Å². The molecule has 6 aromatic rings. The van der Waals surface area contributed by atoms with Crippen LogP contribution in [0.4, 0.5) is 23.5 Å². The molecule has 2 saturated heterocycles. The minimum absolute atomic E-state index is 0.236. The number of benzene rings is 2. The van der Waals surface area contributed by atoms with Crippen LogP contribution in [0.3, 0.4) is 0 Å². The number of hydrogen-bond acceptors (Lipinski definition) is 12. The number of nitrogens with zero attached hydrogens (tertiary/aromatic N) is 6. The first-order valence-electron chi connectivity index (χ1n) is 15.0. The van der Waals surface area contributed by atoms with E-state index < -0.39 is 0 Å². The van der Waals surface area contributed by atoms with Gasteiger partial charge in [-0.25, -0.2) is 9.97 Å². The lowest BCUT2D eigenvalue weighted by Crippen LogP contribution is -2.41. The Labute approximate surface area is 268 Å². The van der Waals surface area contributed by atoms with Crippen LogP contribution in [0.1, 0.15) is 25.7 Å². The van der Waals surface area contributed by atoms with E-state index in [9.17, 15) is 0 Å². The summed E-state index contributed by atoms with van der Waals surface area (Å²) in [6.45, 7) is 3.50. The maximum Gasteiger partial charge on any atom is 0.222 e. The van der Waals surface area contributed by atoms with Crippen molar-refractivity contribution in [2.75, 3.05) is 54.5 Å². The Bertz CT molecular complexity index is 2010. The highest BCUT2D eigenvalue weighted by Crippen LogP contribution is 2.37. The minimum atomic E-state index is 0.236. The highest BCUT2D eigenvalue weighted by molar-refractivity contribution is 6.32. The number of nitrogens with two attached hydrogens (primary N) is 3. The highest BCUT2D eigenvalue weighted by atomic mass is 35.5. The van der Waals surface area contributed by atoms with Crippen molar-refractivity contribution in [3.63, 3.8) is 0 Å². The predicted octanol–water partition coefficient (Wildman–Crippen LogP) is 5.34. The van der Waals surface area contributed by atoms with Gasteiger partial charge in [0.15, 0.2) is 22.8 Å². The SMILES string of the molecule is CNC1CCN(c2nc(N)nc3c2oc2ccc(Cl)cc23)CC1.Nc1nc(N2CCC(N)CC2)c2oc3ccc(Cl)cc3c2n1. The Morgan fingerprint density at radius 2 is 1.16 bits per heavy atom. The molecule has 0 unspecified atom stereocenters. The van der Waals surface area contributed by atoms with Crippen molar-refractivity contribution in [3.8, 4) is 0 Å². The quantitative estimate of drug-likeness (QED) is 0.194. The second kappa shape index (κ2) is 12.0. The van der Waals surface area contributed by atoms with Gasteiger partial charge in [0.25, 0.3) is 0 Å². The summed E-state index contributed by atoms with van der Waals surface area (Å²) in [5.74, 6) is 2.00. The second-order valence-electron chi connectivity index (χ2n) is 11.5. The largest absolute Gasteiger partial charge is 0.450 e. The van der Waals surface area contributed by atoms with E-state index in [-0.39, 0.29) is 17.9 Å². The summed E-state index contributed by atoms with van der Waals surface area (Å²) >= 11 is 12.2. The zero-order valence-corrected chi connectivity index (χ0v) is 26.3. The van der Waals surface area contributed by atoms with Gasteiger partial charge in [-0.1, -0.05) is 23.2 Å². The van der Waals surface area contributed by atoms with Crippen molar-refractivity contribution in [1.29, 1.82) is 0 Å². The van der Waals surface area contributed by atoms with Crippen molar-refractivity contribution in [2.45, 2.75) is 37.8 Å². The smallest absolute Gasteiger partial charge is 0.222 e. The first-order valence-corrected chi connectivity index (χ1v) is 15.8. The lowest BCUT2D eigenvalue weighted by Gasteiger charge is -2.32. The van der Waals surface area contributed by atoms with Crippen molar-refractivity contribution in [3.05, 3.63) is 46.4 Å². The van der Waals surface area contributed by atoms with Gasteiger partial charge in [-0.3, -0.25) is 0 Å². The maximum absolute atomic E-state index is 6.10. The third-order valence-electron chi connectivity index (χ3n) is 8.59. The molecule has 0 amide bonds. The molecular formula is C31H34Cl2N10O2. The van der Waals surface area contributed by atoms with E-state index in [4.69, 9.17) is 49.2 Å². The molecule has 45 heavy (non-hydrogen) atoms. The number of piperidine rings is 2. The van der Waals surface area contributed by atoms with Crippen molar-refractivity contribution in [2.24, 2.45) is 5.73 Å². The summed E-state index contributed by atoms with van der Waals surface area (Å²) < 4.78 is 12.0. The monoisotopic (exact) mass is 648 g/mol. The van der Waals surface area contributed by atoms with Crippen LogP contribution in [0.25, 0.3) is 44.1 Å². The van der Waals surface area contributed by atoms with Crippen LogP contribution in [-0.4, -0.2) is 65.2 Å². The first-order chi connectivity index (χ1) is 21.8. The number of nitrogen functional groups attached to an aromatic ring is 2. The molecular weight excluding hydrogens is 615 g/mol. The molecule has 0 radical (unpaired) electrons. The van der Waals surface area contributed by atoms with Crippen LogP contribution in [-0.2, 0) is 0 Å². The molecule has 0 aliphatic carbocycles. The lowest BCUT2D eigenvalue weighted by atomic mass is 10.1. The topological polar surface area (TPSA) is 174 Å². The summed E-state index contributed by atoms with van der Waals surface area (Å²) in [4.78, 5) is 21.9. The van der Waals surface area contributed by atoms with Crippen LogP contribution in [0.5, 0.6) is 0 Å². The van der Waals surface area contributed by atoms with Crippen LogP contribution >= 0.6 is 23.2 Å². The normalized spacial score (nSPS) is 16.6. The van der Waals surface area contributed by atoms with Gasteiger partial charge >= 0.3 is 0 Å². The first kappa shape index (κ1) is 29.6. The minimum Gasteiger partial charge on any atom is -0.450 e. The molecule has 2 aliphatic heterocycles. The molecule has 2 fully saturated rings. The summed E-state index contributed by atoms with van der Waals surface area (Å²) in [5.41, 5.74) is 22.0. The fourth-order valence-electron chi connectivity index (χ4n) is 6.16. The van der Waals surface area contributed by atoms with Crippen molar-refractivity contribution < 1.29 is 8.83 Å². The zero-order chi connectivity index (χ0) is 31.2. The van der Waals surface area contributed by atoms with E-state index in [1.807, 2.05) is 31.3 Å². The third-order valence-corrected chi connectivity index (χ3v) is 9.06. The van der Waals surface area contributed by atoms with Crippen molar-refractivity contribution >= 4 is 90.9 Å². The van der Waals surface area contributed by atoms with E-state index in [1.54, 1.807) is 12.1 Å². The van der Waals surface area contributed by atoms with Gasteiger partial charge in [-0.15, -0.1) is 0 Å². The molecule has 0 saturated carbocycles. The number of nitrogens with one attached hydrogen (secondary N) is 1. The average molecular weight is 650 g/mol.